The molecule has 2 unspecified atom stereocenters. The first-order valence-corrected chi connectivity index (χ1v) is 8.61. The summed E-state index contributed by atoms with van der Waals surface area (Å²) in [5.74, 6) is 0. The standard InChI is InChI=1S/C17H25NOS/c1-13(2)18-11-17(7-8-19-12-17)10-15-9-14-5-3-4-6-16(14)20-15/h3-6,13,15,18H,7-12H2,1-2H3. The third-order valence-electron chi connectivity index (χ3n) is 4.44. The quantitative estimate of drug-likeness (QED) is 0.897. The lowest BCUT2D eigenvalue weighted by Gasteiger charge is -2.31. The number of thioether (sulfide) groups is 1. The molecule has 3 heteroatoms. The van der Waals surface area contributed by atoms with Crippen LogP contribution in [-0.2, 0) is 11.2 Å². The van der Waals surface area contributed by atoms with Gasteiger partial charge < -0.3 is 10.1 Å². The van der Waals surface area contributed by atoms with Gasteiger partial charge in [-0.1, -0.05) is 32.0 Å². The fraction of sp³-hybridized carbons (Fsp3) is 0.647. The molecule has 0 bridgehead atoms. The predicted octanol–water partition coefficient (Wildman–Crippen LogP) is 3.50. The zero-order chi connectivity index (χ0) is 14.0. The van der Waals surface area contributed by atoms with E-state index in [0.717, 1.165) is 25.0 Å². The topological polar surface area (TPSA) is 21.3 Å². The molecule has 110 valence electrons. The first-order chi connectivity index (χ1) is 9.67. The van der Waals surface area contributed by atoms with E-state index in [4.69, 9.17) is 4.74 Å². The summed E-state index contributed by atoms with van der Waals surface area (Å²) in [6, 6.07) is 9.43. The van der Waals surface area contributed by atoms with Crippen LogP contribution in [0.5, 0.6) is 0 Å². The molecule has 1 N–H and O–H groups in total. The van der Waals surface area contributed by atoms with E-state index in [1.54, 1.807) is 0 Å². The van der Waals surface area contributed by atoms with E-state index in [0.29, 0.717) is 11.5 Å². The van der Waals surface area contributed by atoms with Gasteiger partial charge in [0.25, 0.3) is 0 Å². The highest BCUT2D eigenvalue weighted by Gasteiger charge is 2.38. The highest BCUT2D eigenvalue weighted by molar-refractivity contribution is 8.00. The van der Waals surface area contributed by atoms with Crippen molar-refractivity contribution in [1.82, 2.24) is 5.32 Å². The summed E-state index contributed by atoms with van der Waals surface area (Å²) in [5, 5.41) is 4.36. The SMILES string of the molecule is CC(C)NCC1(CC2Cc3ccccc3S2)CCOC1. The number of benzene rings is 1. The summed E-state index contributed by atoms with van der Waals surface area (Å²) in [6.07, 6.45) is 3.70. The van der Waals surface area contributed by atoms with Crippen LogP contribution in [0.1, 0.15) is 32.3 Å². The summed E-state index contributed by atoms with van der Waals surface area (Å²) in [7, 11) is 0. The van der Waals surface area contributed by atoms with Gasteiger partial charge in [0, 0.05) is 34.8 Å². The molecule has 0 spiro atoms. The average molecular weight is 291 g/mol. The van der Waals surface area contributed by atoms with Gasteiger partial charge in [-0.05, 0) is 30.9 Å². The molecule has 1 saturated heterocycles. The average Bonchev–Trinajstić information content (AvgIpc) is 3.03. The molecule has 0 amide bonds. The minimum absolute atomic E-state index is 0.351. The highest BCUT2D eigenvalue weighted by atomic mass is 32.2. The van der Waals surface area contributed by atoms with Crippen LogP contribution in [0.25, 0.3) is 0 Å². The van der Waals surface area contributed by atoms with Gasteiger partial charge in [0.2, 0.25) is 0 Å². The number of ether oxygens (including phenoxy) is 1. The van der Waals surface area contributed by atoms with E-state index in [1.165, 1.54) is 29.7 Å². The van der Waals surface area contributed by atoms with Crippen molar-refractivity contribution in [3.8, 4) is 0 Å². The fourth-order valence-electron chi connectivity index (χ4n) is 3.29. The van der Waals surface area contributed by atoms with Gasteiger partial charge in [-0.2, -0.15) is 0 Å². The number of nitrogens with one attached hydrogen (secondary N) is 1. The highest BCUT2D eigenvalue weighted by Crippen LogP contribution is 2.44. The largest absolute Gasteiger partial charge is 0.381 e. The smallest absolute Gasteiger partial charge is 0.0535 e. The molecule has 0 aromatic heterocycles. The van der Waals surface area contributed by atoms with Gasteiger partial charge in [0.15, 0.2) is 0 Å². The van der Waals surface area contributed by atoms with Crippen LogP contribution in [-0.4, -0.2) is 31.1 Å². The lowest BCUT2D eigenvalue weighted by Crippen LogP contribution is -2.39. The molecule has 3 rings (SSSR count). The lowest BCUT2D eigenvalue weighted by atomic mass is 9.81. The van der Waals surface area contributed by atoms with E-state index in [1.807, 2.05) is 0 Å². The Labute approximate surface area is 126 Å². The summed E-state index contributed by atoms with van der Waals surface area (Å²) in [5.41, 5.74) is 1.89. The second-order valence-electron chi connectivity index (χ2n) is 6.59. The van der Waals surface area contributed by atoms with E-state index in [2.05, 4.69) is 55.2 Å². The van der Waals surface area contributed by atoms with Crippen molar-refractivity contribution in [3.05, 3.63) is 29.8 Å². The number of rotatable bonds is 5. The maximum Gasteiger partial charge on any atom is 0.0535 e. The molecule has 2 aliphatic heterocycles. The minimum Gasteiger partial charge on any atom is -0.381 e. The molecule has 0 saturated carbocycles. The zero-order valence-electron chi connectivity index (χ0n) is 12.5. The first-order valence-electron chi connectivity index (χ1n) is 7.73. The van der Waals surface area contributed by atoms with Crippen LogP contribution < -0.4 is 5.32 Å². The van der Waals surface area contributed by atoms with E-state index in [-0.39, 0.29) is 0 Å². The molecule has 1 fully saturated rings. The lowest BCUT2D eigenvalue weighted by molar-refractivity contribution is 0.142. The normalized spacial score (nSPS) is 29.1. The van der Waals surface area contributed by atoms with Crippen LogP contribution in [0.3, 0.4) is 0 Å². The number of fused-ring (bicyclic) bond motifs is 1. The molecule has 2 atom stereocenters. The molecule has 1 aromatic carbocycles. The van der Waals surface area contributed by atoms with E-state index < -0.39 is 0 Å². The first kappa shape index (κ1) is 14.4. The van der Waals surface area contributed by atoms with Crippen molar-refractivity contribution >= 4 is 11.8 Å². The van der Waals surface area contributed by atoms with Crippen molar-refractivity contribution < 1.29 is 4.74 Å². The van der Waals surface area contributed by atoms with Crippen LogP contribution in [0, 0.1) is 5.41 Å². The maximum atomic E-state index is 5.73. The second kappa shape index (κ2) is 6.08. The second-order valence-corrected chi connectivity index (χ2v) is 7.94. The Kier molecular flexibility index (Phi) is 4.39. The monoisotopic (exact) mass is 291 g/mol. The van der Waals surface area contributed by atoms with Crippen molar-refractivity contribution in [1.29, 1.82) is 0 Å². The summed E-state index contributed by atoms with van der Waals surface area (Å²) in [4.78, 5) is 1.49. The van der Waals surface area contributed by atoms with Crippen molar-refractivity contribution in [2.24, 2.45) is 5.41 Å². The van der Waals surface area contributed by atoms with Crippen LogP contribution in [0.15, 0.2) is 29.2 Å². The summed E-state index contributed by atoms with van der Waals surface area (Å²) < 4.78 is 5.73. The molecule has 20 heavy (non-hydrogen) atoms. The Balaban J connectivity index is 1.63. The number of hydrogen-bond acceptors (Lipinski definition) is 3. The Bertz CT molecular complexity index is 429. The van der Waals surface area contributed by atoms with Gasteiger partial charge in [0.1, 0.15) is 0 Å². The van der Waals surface area contributed by atoms with Gasteiger partial charge in [-0.15, -0.1) is 11.8 Å². The molecule has 0 aliphatic carbocycles. The Morgan fingerprint density at radius 3 is 2.95 bits per heavy atom. The summed E-state index contributed by atoms with van der Waals surface area (Å²) >= 11 is 2.07. The third kappa shape index (κ3) is 3.21. The van der Waals surface area contributed by atoms with Gasteiger partial charge in [-0.25, -0.2) is 0 Å². The van der Waals surface area contributed by atoms with Crippen LogP contribution in [0.2, 0.25) is 0 Å². The molecular formula is C17H25NOS. The molecule has 1 aromatic rings. The zero-order valence-corrected chi connectivity index (χ0v) is 13.3. The Hall–Kier alpha value is -0.510. The van der Waals surface area contributed by atoms with E-state index >= 15 is 0 Å². The molecule has 2 heterocycles. The minimum atomic E-state index is 0.351. The van der Waals surface area contributed by atoms with Crippen LogP contribution in [0.4, 0.5) is 0 Å². The van der Waals surface area contributed by atoms with Gasteiger partial charge in [-0.3, -0.25) is 0 Å². The van der Waals surface area contributed by atoms with Crippen molar-refractivity contribution in [3.63, 3.8) is 0 Å². The third-order valence-corrected chi connectivity index (χ3v) is 5.76. The molecular weight excluding hydrogens is 266 g/mol. The van der Waals surface area contributed by atoms with Gasteiger partial charge in [0.05, 0.1) is 6.61 Å². The van der Waals surface area contributed by atoms with Crippen molar-refractivity contribution in [2.45, 2.75) is 49.3 Å². The fourth-order valence-corrected chi connectivity index (χ4v) is 4.81. The van der Waals surface area contributed by atoms with Crippen LogP contribution >= 0.6 is 11.8 Å². The predicted molar refractivity (Wildman–Crippen MR) is 85.4 cm³/mol. The maximum absolute atomic E-state index is 5.73. The Morgan fingerprint density at radius 2 is 2.25 bits per heavy atom. The van der Waals surface area contributed by atoms with E-state index in [9.17, 15) is 0 Å². The summed E-state index contributed by atoms with van der Waals surface area (Å²) in [6.45, 7) is 7.41. The molecule has 2 aliphatic rings. The van der Waals surface area contributed by atoms with Gasteiger partial charge >= 0.3 is 0 Å². The Morgan fingerprint density at radius 1 is 1.40 bits per heavy atom. The number of hydrogen-bond donors (Lipinski definition) is 1. The molecule has 0 radical (unpaired) electrons. The van der Waals surface area contributed by atoms with Crippen molar-refractivity contribution in [2.75, 3.05) is 19.8 Å². The molecule has 2 nitrogen and oxygen atoms in total.